The lowest BCUT2D eigenvalue weighted by Crippen LogP contribution is -2.42. The first kappa shape index (κ1) is 23.5. The molecule has 164 valence electrons. The Bertz CT molecular complexity index is 493. The maximum atomic E-state index is 10.4. The predicted octanol–water partition coefficient (Wildman–Crippen LogP) is -5.81. The van der Waals surface area contributed by atoms with E-state index >= 15 is 0 Å². The molecule has 0 unspecified atom stereocenters. The highest BCUT2D eigenvalue weighted by molar-refractivity contribution is 5.56. The fourth-order valence-electron chi connectivity index (χ4n) is 2.78. The molecule has 8 N–H and O–H groups in total. The van der Waals surface area contributed by atoms with Gasteiger partial charge in [-0.05, 0) is 0 Å². The van der Waals surface area contributed by atoms with Gasteiger partial charge in [-0.1, -0.05) is 0 Å². The Labute approximate surface area is 159 Å². The van der Waals surface area contributed by atoms with E-state index in [4.69, 9.17) is 29.2 Å². The van der Waals surface area contributed by atoms with Gasteiger partial charge in [0.05, 0.1) is 19.8 Å². The number of rotatable bonds is 10. The molecule has 0 aromatic rings. The minimum absolute atomic E-state index is 0.0315. The Morgan fingerprint density at radius 1 is 0.857 bits per heavy atom. The number of aldehydes is 1. The lowest BCUT2D eigenvalue weighted by molar-refractivity contribution is -0.213. The van der Waals surface area contributed by atoms with E-state index in [1.54, 1.807) is 0 Å². The topological polar surface area (TPSA) is 216 Å². The van der Waals surface area contributed by atoms with Crippen LogP contribution in [0.15, 0.2) is 0 Å². The fraction of sp³-hybridized carbons (Fsp3) is 0.933. The van der Waals surface area contributed by atoms with Gasteiger partial charge in [0.25, 0.3) is 0 Å². The van der Waals surface area contributed by atoms with Crippen LogP contribution in [0.4, 0.5) is 0 Å². The lowest BCUT2D eigenvalue weighted by Gasteiger charge is -2.22. The average Bonchev–Trinajstić information content (AvgIpc) is 3.13. The van der Waals surface area contributed by atoms with Crippen LogP contribution in [0.1, 0.15) is 0 Å². The largest absolute Gasteiger partial charge is 0.394 e. The molecule has 0 bridgehead atoms. The molecule has 2 aliphatic heterocycles. The van der Waals surface area contributed by atoms with Gasteiger partial charge in [-0.2, -0.15) is 0 Å². The van der Waals surface area contributed by atoms with Crippen molar-refractivity contribution in [1.82, 2.24) is 0 Å². The number of carbonyl (C=O) groups is 1. The summed E-state index contributed by atoms with van der Waals surface area (Å²) in [5, 5.41) is 76.6. The second-order valence-corrected chi connectivity index (χ2v) is 6.58. The summed E-state index contributed by atoms with van der Waals surface area (Å²) in [4.78, 5) is 10.4. The van der Waals surface area contributed by atoms with Crippen molar-refractivity contribution in [3.05, 3.63) is 0 Å². The van der Waals surface area contributed by atoms with Gasteiger partial charge in [-0.25, -0.2) is 0 Å². The fourth-order valence-corrected chi connectivity index (χ4v) is 2.78. The molecule has 0 aromatic carbocycles. The summed E-state index contributed by atoms with van der Waals surface area (Å²) >= 11 is 0. The van der Waals surface area contributed by atoms with Gasteiger partial charge in [0, 0.05) is 0 Å². The van der Waals surface area contributed by atoms with Crippen LogP contribution >= 0.6 is 0 Å². The molecule has 0 aromatic heterocycles. The standard InChI is InChI=1S/C15H26O13/c16-1-5(18)9(20)6(19)3-25-14-13(24)11(22)8(28-14)4-26-15-12(23)10(21)7(2-17)27-15/h1,5-15,17-24H,2-4H2/t5-,6-,7-,8-,9+,10-,11-,12+,13+,14+,15+/m1/s1. The van der Waals surface area contributed by atoms with E-state index in [0.29, 0.717) is 0 Å². The van der Waals surface area contributed by atoms with Crippen molar-refractivity contribution in [2.24, 2.45) is 0 Å². The SMILES string of the molecule is O=C[C@@H](O)[C@H](O)[C@H](O)CO[C@H]1O[C@H](CO[C@H]2O[C@H](CO)[C@@H](O)[C@@H]2O)[C@@H](O)[C@@H]1O. The maximum absolute atomic E-state index is 10.4. The molecular weight excluding hydrogens is 388 g/mol. The Morgan fingerprint density at radius 2 is 1.39 bits per heavy atom. The number of aliphatic hydroxyl groups excluding tert-OH is 8. The van der Waals surface area contributed by atoms with Gasteiger partial charge in [0.15, 0.2) is 18.9 Å². The average molecular weight is 414 g/mol. The first-order chi connectivity index (χ1) is 13.2. The summed E-state index contributed by atoms with van der Waals surface area (Å²) in [6.45, 7) is -1.54. The monoisotopic (exact) mass is 414 g/mol. The van der Waals surface area contributed by atoms with Crippen molar-refractivity contribution in [1.29, 1.82) is 0 Å². The molecule has 2 fully saturated rings. The molecule has 2 rings (SSSR count). The minimum Gasteiger partial charge on any atom is -0.394 e. The number of aliphatic hydroxyl groups is 8. The first-order valence-electron chi connectivity index (χ1n) is 8.58. The molecule has 0 amide bonds. The molecule has 2 heterocycles. The van der Waals surface area contributed by atoms with Crippen LogP contribution in [0.5, 0.6) is 0 Å². The summed E-state index contributed by atoms with van der Waals surface area (Å²) in [6, 6.07) is 0. The van der Waals surface area contributed by atoms with Crippen LogP contribution < -0.4 is 0 Å². The first-order valence-corrected chi connectivity index (χ1v) is 8.58. The van der Waals surface area contributed by atoms with Gasteiger partial charge in [-0.15, -0.1) is 0 Å². The predicted molar refractivity (Wildman–Crippen MR) is 84.4 cm³/mol. The molecule has 0 spiro atoms. The Balaban J connectivity index is 1.81. The van der Waals surface area contributed by atoms with E-state index in [9.17, 15) is 35.4 Å². The van der Waals surface area contributed by atoms with E-state index < -0.39 is 80.7 Å². The van der Waals surface area contributed by atoms with E-state index in [0.717, 1.165) is 0 Å². The van der Waals surface area contributed by atoms with Crippen molar-refractivity contribution in [2.45, 2.75) is 67.5 Å². The maximum Gasteiger partial charge on any atom is 0.186 e. The number of hydrogen-bond donors (Lipinski definition) is 8. The molecule has 0 radical (unpaired) electrons. The van der Waals surface area contributed by atoms with Crippen LogP contribution in [0, 0.1) is 0 Å². The quantitative estimate of drug-likeness (QED) is 0.156. The normalized spacial score (nSPS) is 41.7. The third-order valence-corrected chi connectivity index (χ3v) is 4.56. The molecule has 2 aliphatic rings. The molecule has 0 saturated carbocycles. The summed E-state index contributed by atoms with van der Waals surface area (Å²) in [7, 11) is 0. The zero-order chi connectivity index (χ0) is 21.0. The smallest absolute Gasteiger partial charge is 0.186 e. The second-order valence-electron chi connectivity index (χ2n) is 6.58. The summed E-state index contributed by atoms with van der Waals surface area (Å²) in [6.07, 6.45) is -15.9. The molecular formula is C15H26O13. The highest BCUT2D eigenvalue weighted by Gasteiger charge is 2.47. The molecule has 2 saturated heterocycles. The summed E-state index contributed by atoms with van der Waals surface area (Å²) in [5.41, 5.74) is 0. The van der Waals surface area contributed by atoms with Crippen molar-refractivity contribution in [3.8, 4) is 0 Å². The third-order valence-electron chi connectivity index (χ3n) is 4.56. The Morgan fingerprint density at radius 3 is 1.93 bits per heavy atom. The number of ether oxygens (including phenoxy) is 4. The Kier molecular flexibility index (Phi) is 8.62. The molecule has 11 atom stereocenters. The zero-order valence-electron chi connectivity index (χ0n) is 14.7. The van der Waals surface area contributed by atoms with Crippen molar-refractivity contribution in [2.75, 3.05) is 19.8 Å². The van der Waals surface area contributed by atoms with E-state index in [2.05, 4.69) is 0 Å². The van der Waals surface area contributed by atoms with Gasteiger partial charge in [0.1, 0.15) is 54.9 Å². The van der Waals surface area contributed by atoms with Gasteiger partial charge < -0.3 is 64.6 Å². The highest BCUT2D eigenvalue weighted by atomic mass is 16.7. The van der Waals surface area contributed by atoms with Crippen molar-refractivity contribution in [3.63, 3.8) is 0 Å². The van der Waals surface area contributed by atoms with Crippen molar-refractivity contribution < 1.29 is 64.6 Å². The van der Waals surface area contributed by atoms with Gasteiger partial charge >= 0.3 is 0 Å². The van der Waals surface area contributed by atoms with E-state index in [1.165, 1.54) is 0 Å². The second kappa shape index (κ2) is 10.3. The molecule has 28 heavy (non-hydrogen) atoms. The van der Waals surface area contributed by atoms with Crippen LogP contribution in [-0.2, 0) is 23.7 Å². The van der Waals surface area contributed by atoms with Crippen LogP contribution in [0.2, 0.25) is 0 Å². The van der Waals surface area contributed by atoms with Crippen LogP contribution in [-0.4, -0.2) is 134 Å². The molecule has 13 nitrogen and oxygen atoms in total. The third kappa shape index (κ3) is 5.21. The van der Waals surface area contributed by atoms with Crippen LogP contribution in [0.3, 0.4) is 0 Å². The highest BCUT2D eigenvalue weighted by Crippen LogP contribution is 2.26. The minimum atomic E-state index is -1.82. The lowest BCUT2D eigenvalue weighted by atomic mass is 10.1. The van der Waals surface area contributed by atoms with Crippen molar-refractivity contribution >= 4 is 6.29 Å². The Hall–Kier alpha value is -0.810. The molecule has 0 aliphatic carbocycles. The summed E-state index contributed by atoms with van der Waals surface area (Å²) in [5.74, 6) is 0. The number of hydrogen-bond acceptors (Lipinski definition) is 13. The van der Waals surface area contributed by atoms with Gasteiger partial charge in [-0.3, -0.25) is 0 Å². The van der Waals surface area contributed by atoms with Crippen LogP contribution in [0.25, 0.3) is 0 Å². The zero-order valence-corrected chi connectivity index (χ0v) is 14.7. The van der Waals surface area contributed by atoms with E-state index in [-0.39, 0.29) is 12.9 Å². The van der Waals surface area contributed by atoms with Gasteiger partial charge in [0.2, 0.25) is 0 Å². The van der Waals surface area contributed by atoms with E-state index in [1.807, 2.05) is 0 Å². The molecule has 13 heteroatoms. The number of carbonyl (C=O) groups excluding carboxylic acids is 1. The summed E-state index contributed by atoms with van der Waals surface area (Å²) < 4.78 is 20.6.